The summed E-state index contributed by atoms with van der Waals surface area (Å²) in [5.41, 5.74) is 2.07. The maximum atomic E-state index is 12.3. The zero-order chi connectivity index (χ0) is 14.7. The number of carbonyl (C=O) groups excluding carboxylic acids is 1. The number of amides is 1. The predicted molar refractivity (Wildman–Crippen MR) is 78.8 cm³/mol. The third-order valence-corrected chi connectivity index (χ3v) is 3.66. The van der Waals surface area contributed by atoms with Gasteiger partial charge in [0.05, 0.1) is 11.9 Å². The number of aromatic nitrogens is 3. The molecule has 1 aliphatic heterocycles. The summed E-state index contributed by atoms with van der Waals surface area (Å²) < 4.78 is 1.42. The number of nitrogens with zero attached hydrogens (tertiary/aromatic N) is 5. The third-order valence-electron chi connectivity index (χ3n) is 3.66. The largest absolute Gasteiger partial charge is 0.344 e. The molecule has 0 spiro atoms. The summed E-state index contributed by atoms with van der Waals surface area (Å²) in [6.07, 6.45) is 5.28. The van der Waals surface area contributed by atoms with E-state index in [1.165, 1.54) is 4.68 Å². The molecule has 21 heavy (non-hydrogen) atoms. The van der Waals surface area contributed by atoms with Crippen molar-refractivity contribution in [2.24, 2.45) is 0 Å². The van der Waals surface area contributed by atoms with Crippen LogP contribution in [0.1, 0.15) is 11.3 Å². The van der Waals surface area contributed by atoms with Crippen molar-refractivity contribution in [2.75, 3.05) is 26.2 Å². The van der Waals surface area contributed by atoms with E-state index in [9.17, 15) is 4.79 Å². The Morgan fingerprint density at radius 2 is 2.05 bits per heavy atom. The van der Waals surface area contributed by atoms with Crippen LogP contribution in [0.5, 0.6) is 0 Å². The summed E-state index contributed by atoms with van der Waals surface area (Å²) in [6.45, 7) is 5.95. The highest BCUT2D eigenvalue weighted by Gasteiger charge is 2.22. The molecule has 0 N–H and O–H groups in total. The number of piperazine rings is 1. The molecule has 3 rings (SSSR count). The molecule has 1 saturated heterocycles. The molecule has 0 radical (unpaired) electrons. The third kappa shape index (κ3) is 3.28. The number of rotatable bonds is 2. The standard InChI is InChI=1S/C15H19N5O/c1-13-10-17-20(11-13)15(21)19-8-6-18(7-9-19)12-14-4-2-3-5-16-14/h2-5,10-11H,6-9,12H2,1H3. The first-order valence-electron chi connectivity index (χ1n) is 7.15. The van der Waals surface area contributed by atoms with Gasteiger partial charge in [0.25, 0.3) is 0 Å². The van der Waals surface area contributed by atoms with E-state index in [0.29, 0.717) is 0 Å². The zero-order valence-corrected chi connectivity index (χ0v) is 12.1. The summed E-state index contributed by atoms with van der Waals surface area (Å²) in [4.78, 5) is 20.8. The summed E-state index contributed by atoms with van der Waals surface area (Å²) in [6, 6.07) is 5.92. The minimum atomic E-state index is -0.0411. The quantitative estimate of drug-likeness (QED) is 0.836. The Hall–Kier alpha value is -2.21. The molecule has 0 bridgehead atoms. The Bertz CT molecular complexity index is 602. The second kappa shape index (κ2) is 6.05. The van der Waals surface area contributed by atoms with Gasteiger partial charge in [0, 0.05) is 45.1 Å². The van der Waals surface area contributed by atoms with Crippen LogP contribution >= 0.6 is 0 Å². The lowest BCUT2D eigenvalue weighted by molar-refractivity contribution is 0.133. The monoisotopic (exact) mass is 285 g/mol. The maximum Gasteiger partial charge on any atom is 0.344 e. The minimum Gasteiger partial charge on any atom is -0.320 e. The Morgan fingerprint density at radius 1 is 1.24 bits per heavy atom. The average Bonchev–Trinajstić information content (AvgIpc) is 2.95. The minimum absolute atomic E-state index is 0.0411. The fourth-order valence-electron chi connectivity index (χ4n) is 2.48. The van der Waals surface area contributed by atoms with Gasteiger partial charge < -0.3 is 4.90 Å². The van der Waals surface area contributed by atoms with Crippen LogP contribution in [0.3, 0.4) is 0 Å². The Balaban J connectivity index is 1.54. The molecule has 0 atom stereocenters. The lowest BCUT2D eigenvalue weighted by Gasteiger charge is -2.34. The van der Waals surface area contributed by atoms with Crippen LogP contribution in [0.2, 0.25) is 0 Å². The van der Waals surface area contributed by atoms with Gasteiger partial charge in [-0.1, -0.05) is 6.07 Å². The lowest BCUT2D eigenvalue weighted by atomic mass is 10.3. The summed E-state index contributed by atoms with van der Waals surface area (Å²) in [5, 5.41) is 4.08. The van der Waals surface area contributed by atoms with E-state index in [0.717, 1.165) is 44.0 Å². The molecule has 0 saturated carbocycles. The highest BCUT2D eigenvalue weighted by Crippen LogP contribution is 2.08. The van der Waals surface area contributed by atoms with Crippen LogP contribution in [-0.2, 0) is 6.54 Å². The summed E-state index contributed by atoms with van der Waals surface area (Å²) in [5.74, 6) is 0. The van der Waals surface area contributed by atoms with E-state index in [1.54, 1.807) is 12.4 Å². The van der Waals surface area contributed by atoms with Gasteiger partial charge in [0.15, 0.2) is 0 Å². The van der Waals surface area contributed by atoms with Crippen molar-refractivity contribution in [1.29, 1.82) is 0 Å². The summed E-state index contributed by atoms with van der Waals surface area (Å²) in [7, 11) is 0. The number of carbonyl (C=O) groups is 1. The molecule has 6 nitrogen and oxygen atoms in total. The van der Waals surface area contributed by atoms with Crippen LogP contribution in [0.15, 0.2) is 36.8 Å². The van der Waals surface area contributed by atoms with E-state index in [2.05, 4.69) is 15.0 Å². The van der Waals surface area contributed by atoms with Gasteiger partial charge in [0.2, 0.25) is 0 Å². The van der Waals surface area contributed by atoms with Gasteiger partial charge in [-0.2, -0.15) is 9.78 Å². The molecule has 2 aromatic heterocycles. The van der Waals surface area contributed by atoms with Gasteiger partial charge >= 0.3 is 6.03 Å². The second-order valence-corrected chi connectivity index (χ2v) is 5.33. The fourth-order valence-corrected chi connectivity index (χ4v) is 2.48. The van der Waals surface area contributed by atoms with Crippen molar-refractivity contribution >= 4 is 6.03 Å². The first-order valence-corrected chi connectivity index (χ1v) is 7.15. The normalized spacial score (nSPS) is 16.1. The van der Waals surface area contributed by atoms with Crippen molar-refractivity contribution < 1.29 is 4.79 Å². The van der Waals surface area contributed by atoms with Crippen LogP contribution in [0.4, 0.5) is 4.79 Å². The lowest BCUT2D eigenvalue weighted by Crippen LogP contribution is -2.49. The van der Waals surface area contributed by atoms with Crippen LogP contribution in [-0.4, -0.2) is 56.8 Å². The van der Waals surface area contributed by atoms with Crippen molar-refractivity contribution in [3.63, 3.8) is 0 Å². The first-order chi connectivity index (χ1) is 10.2. The number of hydrogen-bond donors (Lipinski definition) is 0. The van der Waals surface area contributed by atoms with Gasteiger partial charge in [-0.15, -0.1) is 0 Å². The van der Waals surface area contributed by atoms with E-state index >= 15 is 0 Å². The van der Waals surface area contributed by atoms with E-state index in [-0.39, 0.29) is 6.03 Å². The van der Waals surface area contributed by atoms with E-state index in [1.807, 2.05) is 36.2 Å². The van der Waals surface area contributed by atoms with Gasteiger partial charge in [-0.3, -0.25) is 9.88 Å². The van der Waals surface area contributed by atoms with Crippen LogP contribution in [0, 0.1) is 6.92 Å². The average molecular weight is 285 g/mol. The number of pyridine rings is 1. The van der Waals surface area contributed by atoms with Gasteiger partial charge in [-0.05, 0) is 24.6 Å². The van der Waals surface area contributed by atoms with Crippen LogP contribution in [0.25, 0.3) is 0 Å². The molecule has 1 fully saturated rings. The van der Waals surface area contributed by atoms with E-state index in [4.69, 9.17) is 0 Å². The van der Waals surface area contributed by atoms with Crippen molar-refractivity contribution in [2.45, 2.75) is 13.5 Å². The Kier molecular flexibility index (Phi) is 3.96. The Labute approximate surface area is 124 Å². The zero-order valence-electron chi connectivity index (χ0n) is 12.1. The molecule has 0 aromatic carbocycles. The van der Waals surface area contributed by atoms with Crippen molar-refractivity contribution in [3.8, 4) is 0 Å². The first kappa shape index (κ1) is 13.8. The molecule has 1 amide bonds. The molecule has 6 heteroatoms. The highest BCUT2D eigenvalue weighted by molar-refractivity contribution is 5.76. The Morgan fingerprint density at radius 3 is 2.67 bits per heavy atom. The summed E-state index contributed by atoms with van der Waals surface area (Å²) >= 11 is 0. The smallest absolute Gasteiger partial charge is 0.320 e. The molecule has 1 aliphatic rings. The number of aryl methyl sites for hydroxylation is 1. The van der Waals surface area contributed by atoms with E-state index < -0.39 is 0 Å². The fraction of sp³-hybridized carbons (Fsp3) is 0.400. The van der Waals surface area contributed by atoms with Gasteiger partial charge in [-0.25, -0.2) is 4.79 Å². The molecule has 3 heterocycles. The molecule has 110 valence electrons. The topological polar surface area (TPSA) is 54.3 Å². The van der Waals surface area contributed by atoms with Crippen molar-refractivity contribution in [3.05, 3.63) is 48.0 Å². The molecular formula is C15H19N5O. The van der Waals surface area contributed by atoms with Gasteiger partial charge in [0.1, 0.15) is 0 Å². The maximum absolute atomic E-state index is 12.3. The second-order valence-electron chi connectivity index (χ2n) is 5.33. The molecular weight excluding hydrogens is 266 g/mol. The van der Waals surface area contributed by atoms with Crippen molar-refractivity contribution in [1.82, 2.24) is 24.6 Å². The van der Waals surface area contributed by atoms with Crippen LogP contribution < -0.4 is 0 Å². The molecule has 2 aromatic rings. The SMILES string of the molecule is Cc1cnn(C(=O)N2CCN(Cc3ccccn3)CC2)c1. The number of hydrogen-bond acceptors (Lipinski definition) is 4. The predicted octanol–water partition coefficient (Wildman–Crippen LogP) is 1.37. The molecule has 0 unspecified atom stereocenters. The molecule has 0 aliphatic carbocycles. The highest BCUT2D eigenvalue weighted by atomic mass is 16.2.